The standard InChI is InChI=1S/C13H21NS/c1-10-8-9-15-13(10)11-6-4-3-5-7-12(11)14-2/h8-9,11-12,14H,3-7H2,1-2H3. The Hall–Kier alpha value is -0.340. The van der Waals surface area contributed by atoms with Gasteiger partial charge in [-0.1, -0.05) is 19.3 Å². The van der Waals surface area contributed by atoms with Crippen molar-refractivity contribution in [3.8, 4) is 0 Å². The highest BCUT2D eigenvalue weighted by Crippen LogP contribution is 2.36. The molecule has 0 aromatic carbocycles. The second-order valence-electron chi connectivity index (χ2n) is 4.61. The van der Waals surface area contributed by atoms with Crippen LogP contribution in [-0.4, -0.2) is 13.1 Å². The van der Waals surface area contributed by atoms with Gasteiger partial charge in [0, 0.05) is 16.8 Å². The van der Waals surface area contributed by atoms with Gasteiger partial charge in [-0.2, -0.15) is 0 Å². The van der Waals surface area contributed by atoms with Crippen LogP contribution in [0.25, 0.3) is 0 Å². The van der Waals surface area contributed by atoms with Crippen LogP contribution < -0.4 is 5.32 Å². The van der Waals surface area contributed by atoms with Gasteiger partial charge in [0.1, 0.15) is 0 Å². The summed E-state index contributed by atoms with van der Waals surface area (Å²) in [6, 6.07) is 2.96. The summed E-state index contributed by atoms with van der Waals surface area (Å²) in [5.41, 5.74) is 1.49. The summed E-state index contributed by atoms with van der Waals surface area (Å²) in [7, 11) is 2.12. The maximum atomic E-state index is 3.52. The average molecular weight is 223 g/mol. The van der Waals surface area contributed by atoms with E-state index in [1.807, 2.05) is 11.3 Å². The van der Waals surface area contributed by atoms with E-state index in [4.69, 9.17) is 0 Å². The van der Waals surface area contributed by atoms with Gasteiger partial charge in [0.05, 0.1) is 0 Å². The molecule has 2 unspecified atom stereocenters. The molecule has 0 spiro atoms. The van der Waals surface area contributed by atoms with Crippen molar-refractivity contribution in [2.75, 3.05) is 7.05 Å². The van der Waals surface area contributed by atoms with Gasteiger partial charge in [-0.05, 0) is 43.8 Å². The predicted octanol–water partition coefficient (Wildman–Crippen LogP) is 3.69. The molecule has 1 heterocycles. The van der Waals surface area contributed by atoms with E-state index in [0.29, 0.717) is 6.04 Å². The number of likely N-dealkylation sites (N-methyl/N-ethyl adjacent to an activating group) is 1. The third-order valence-corrected chi connectivity index (χ3v) is 4.78. The summed E-state index contributed by atoms with van der Waals surface area (Å²) >= 11 is 1.94. The van der Waals surface area contributed by atoms with Crippen molar-refractivity contribution in [1.82, 2.24) is 5.32 Å². The van der Waals surface area contributed by atoms with E-state index < -0.39 is 0 Å². The molecule has 1 fully saturated rings. The predicted molar refractivity (Wildman–Crippen MR) is 67.7 cm³/mol. The van der Waals surface area contributed by atoms with E-state index in [9.17, 15) is 0 Å². The summed E-state index contributed by atoms with van der Waals surface area (Å²) in [5, 5.41) is 5.75. The highest BCUT2D eigenvalue weighted by atomic mass is 32.1. The van der Waals surface area contributed by atoms with Gasteiger partial charge >= 0.3 is 0 Å². The smallest absolute Gasteiger partial charge is 0.0141 e. The largest absolute Gasteiger partial charge is 0.316 e. The fourth-order valence-corrected chi connectivity index (χ4v) is 3.86. The summed E-state index contributed by atoms with van der Waals surface area (Å²) in [6.45, 7) is 2.25. The number of nitrogens with one attached hydrogen (secondary N) is 1. The van der Waals surface area contributed by atoms with Crippen molar-refractivity contribution >= 4 is 11.3 Å². The molecule has 1 aromatic rings. The molecule has 1 nitrogen and oxygen atoms in total. The Morgan fingerprint density at radius 2 is 2.07 bits per heavy atom. The molecule has 0 amide bonds. The quantitative estimate of drug-likeness (QED) is 0.754. The molecule has 1 aliphatic carbocycles. The van der Waals surface area contributed by atoms with E-state index in [1.165, 1.54) is 37.7 Å². The van der Waals surface area contributed by atoms with Gasteiger partial charge in [0.15, 0.2) is 0 Å². The van der Waals surface area contributed by atoms with Crippen LogP contribution >= 0.6 is 11.3 Å². The first-order chi connectivity index (χ1) is 7.33. The van der Waals surface area contributed by atoms with Gasteiger partial charge in [0.2, 0.25) is 0 Å². The van der Waals surface area contributed by atoms with Crippen LogP contribution in [0.4, 0.5) is 0 Å². The van der Waals surface area contributed by atoms with Crippen LogP contribution in [0.3, 0.4) is 0 Å². The van der Waals surface area contributed by atoms with Crippen molar-refractivity contribution in [2.45, 2.75) is 51.0 Å². The van der Waals surface area contributed by atoms with Gasteiger partial charge in [0.25, 0.3) is 0 Å². The minimum atomic E-state index is 0.699. The molecule has 1 saturated carbocycles. The van der Waals surface area contributed by atoms with E-state index in [-0.39, 0.29) is 0 Å². The summed E-state index contributed by atoms with van der Waals surface area (Å²) in [4.78, 5) is 1.62. The summed E-state index contributed by atoms with van der Waals surface area (Å²) in [6.07, 6.45) is 6.93. The van der Waals surface area contributed by atoms with Crippen LogP contribution in [0.5, 0.6) is 0 Å². The average Bonchev–Trinajstić information content (AvgIpc) is 2.54. The van der Waals surface area contributed by atoms with Crippen molar-refractivity contribution in [3.05, 3.63) is 21.9 Å². The van der Waals surface area contributed by atoms with Gasteiger partial charge in [-0.3, -0.25) is 0 Å². The lowest BCUT2D eigenvalue weighted by Crippen LogP contribution is -2.31. The zero-order valence-corrected chi connectivity index (χ0v) is 10.6. The van der Waals surface area contributed by atoms with Crippen LogP contribution in [0, 0.1) is 6.92 Å². The lowest BCUT2D eigenvalue weighted by Gasteiger charge is -2.24. The van der Waals surface area contributed by atoms with Crippen LogP contribution in [0.1, 0.15) is 48.5 Å². The Balaban J connectivity index is 2.20. The maximum Gasteiger partial charge on any atom is 0.0141 e. The van der Waals surface area contributed by atoms with Gasteiger partial charge in [-0.15, -0.1) is 11.3 Å². The molecular weight excluding hydrogens is 202 g/mol. The monoisotopic (exact) mass is 223 g/mol. The second kappa shape index (κ2) is 5.13. The molecule has 15 heavy (non-hydrogen) atoms. The maximum absolute atomic E-state index is 3.52. The van der Waals surface area contributed by atoms with Crippen LogP contribution in [0.2, 0.25) is 0 Å². The third-order valence-electron chi connectivity index (χ3n) is 3.63. The molecule has 0 radical (unpaired) electrons. The molecule has 1 N–H and O–H groups in total. The molecule has 0 aliphatic heterocycles. The Morgan fingerprint density at radius 3 is 2.73 bits per heavy atom. The minimum Gasteiger partial charge on any atom is -0.316 e. The molecule has 0 saturated heterocycles. The Kier molecular flexibility index (Phi) is 3.81. The number of rotatable bonds is 2. The highest BCUT2D eigenvalue weighted by molar-refractivity contribution is 7.10. The SMILES string of the molecule is CNC1CCCCCC1c1sccc1C. The normalized spacial score (nSPS) is 27.6. The van der Waals surface area contributed by atoms with Crippen LogP contribution in [-0.2, 0) is 0 Å². The molecule has 1 aliphatic rings. The molecule has 2 atom stereocenters. The first-order valence-corrected chi connectivity index (χ1v) is 6.92. The molecule has 1 aromatic heterocycles. The fraction of sp³-hybridized carbons (Fsp3) is 0.692. The first-order valence-electron chi connectivity index (χ1n) is 6.04. The summed E-state index contributed by atoms with van der Waals surface area (Å²) in [5.74, 6) is 0.762. The first kappa shape index (κ1) is 11.2. The van der Waals surface area contributed by atoms with Crippen LogP contribution in [0.15, 0.2) is 11.4 Å². The Morgan fingerprint density at radius 1 is 1.27 bits per heavy atom. The molecular formula is C13H21NS. The van der Waals surface area contributed by atoms with E-state index >= 15 is 0 Å². The van der Waals surface area contributed by atoms with Gasteiger partial charge < -0.3 is 5.32 Å². The molecule has 0 bridgehead atoms. The van der Waals surface area contributed by atoms with E-state index in [0.717, 1.165) is 5.92 Å². The van der Waals surface area contributed by atoms with Crippen molar-refractivity contribution < 1.29 is 0 Å². The third kappa shape index (κ3) is 2.43. The zero-order chi connectivity index (χ0) is 10.7. The highest BCUT2D eigenvalue weighted by Gasteiger charge is 2.25. The molecule has 2 rings (SSSR count). The molecule has 84 valence electrons. The zero-order valence-electron chi connectivity index (χ0n) is 9.75. The van der Waals surface area contributed by atoms with E-state index in [1.54, 1.807) is 4.88 Å². The minimum absolute atomic E-state index is 0.699. The number of aryl methyl sites for hydroxylation is 1. The molecule has 2 heteroatoms. The fourth-order valence-electron chi connectivity index (χ4n) is 2.73. The number of hydrogen-bond donors (Lipinski definition) is 1. The topological polar surface area (TPSA) is 12.0 Å². The second-order valence-corrected chi connectivity index (χ2v) is 5.56. The van der Waals surface area contributed by atoms with Crippen molar-refractivity contribution in [1.29, 1.82) is 0 Å². The number of thiophene rings is 1. The van der Waals surface area contributed by atoms with Gasteiger partial charge in [-0.25, -0.2) is 0 Å². The van der Waals surface area contributed by atoms with Crippen molar-refractivity contribution in [2.24, 2.45) is 0 Å². The lowest BCUT2D eigenvalue weighted by molar-refractivity contribution is 0.443. The van der Waals surface area contributed by atoms with Crippen molar-refractivity contribution in [3.63, 3.8) is 0 Å². The number of hydrogen-bond acceptors (Lipinski definition) is 2. The lowest BCUT2D eigenvalue weighted by atomic mass is 9.91. The Bertz CT molecular complexity index is 305. The van der Waals surface area contributed by atoms with E-state index in [2.05, 4.69) is 30.7 Å². The summed E-state index contributed by atoms with van der Waals surface area (Å²) < 4.78 is 0. The Labute approximate surface area is 96.9 Å².